The van der Waals surface area contributed by atoms with Crippen molar-refractivity contribution in [2.45, 2.75) is 58.5 Å². The lowest BCUT2D eigenvalue weighted by atomic mass is 9.90. The molecular formula is C37H41NO3S2. The minimum atomic E-state index is -0.807. The Bertz CT molecular complexity index is 1540. The normalized spacial score (nSPS) is 14.9. The fraction of sp³-hybridized carbons (Fsp3) is 0.324. The van der Waals surface area contributed by atoms with E-state index < -0.39 is 5.97 Å². The van der Waals surface area contributed by atoms with Gasteiger partial charge in [-0.15, -0.1) is 22.7 Å². The van der Waals surface area contributed by atoms with Gasteiger partial charge in [-0.25, -0.2) is 0 Å². The van der Waals surface area contributed by atoms with Crippen LogP contribution in [0.5, 0.6) is 5.75 Å². The maximum atomic E-state index is 11.6. The largest absolute Gasteiger partial charge is 0.493 e. The summed E-state index contributed by atoms with van der Waals surface area (Å²) < 4.78 is 7.40. The maximum absolute atomic E-state index is 11.6. The summed E-state index contributed by atoms with van der Waals surface area (Å²) in [6.07, 6.45) is 15.7. The zero-order valence-corrected chi connectivity index (χ0v) is 26.7. The average Bonchev–Trinajstić information content (AvgIpc) is 3.56. The molecule has 0 bridgehead atoms. The highest BCUT2D eigenvalue weighted by Gasteiger charge is 2.16. The Balaban J connectivity index is 1.17. The Hall–Kier alpha value is -3.45. The van der Waals surface area contributed by atoms with E-state index in [1.54, 1.807) is 22.7 Å². The predicted octanol–water partition coefficient (Wildman–Crippen LogP) is 9.94. The molecule has 0 saturated heterocycles. The SMILES string of the molecule is CCCC(CCC)c1ccc(OCC2C=CC=C(c3ccc(CN(CC(=O)O)Cc4cc5ccccc5s4)s3)C=C2)cc1. The second-order valence-electron chi connectivity index (χ2n) is 11.2. The first-order valence-corrected chi connectivity index (χ1v) is 16.9. The second kappa shape index (κ2) is 15.3. The van der Waals surface area contributed by atoms with Gasteiger partial charge in [-0.05, 0) is 71.7 Å². The third-order valence-corrected chi connectivity index (χ3v) is 9.99. The van der Waals surface area contributed by atoms with Gasteiger partial charge in [0, 0.05) is 38.3 Å². The van der Waals surface area contributed by atoms with E-state index in [0.29, 0.717) is 25.6 Å². The molecule has 0 fully saturated rings. The van der Waals surface area contributed by atoms with Crippen molar-refractivity contribution >= 4 is 44.3 Å². The third kappa shape index (κ3) is 8.79. The fourth-order valence-corrected chi connectivity index (χ4v) is 7.82. The number of nitrogens with zero attached hydrogens (tertiary/aromatic N) is 1. The number of carboxylic acids is 1. The van der Waals surface area contributed by atoms with E-state index in [-0.39, 0.29) is 12.5 Å². The van der Waals surface area contributed by atoms with Gasteiger partial charge in [0.25, 0.3) is 0 Å². The number of carbonyl (C=O) groups is 1. The molecule has 2 aromatic heterocycles. The number of carboxylic acid groups (broad SMARTS) is 1. The molecule has 1 aliphatic carbocycles. The monoisotopic (exact) mass is 611 g/mol. The molecule has 6 heteroatoms. The molecule has 0 spiro atoms. The standard InChI is InChI=1S/C37H41NO3S2/c1-3-8-28(9-4-2)29-16-18-32(19-17-29)41-26-27-10-7-12-30(15-14-27)36-21-20-33(42-36)23-38(25-37(39)40)24-34-22-31-11-5-6-13-35(31)43-34/h5-7,10-22,27-28H,3-4,8-9,23-26H2,1-2H3,(H,39,40). The maximum Gasteiger partial charge on any atom is 0.317 e. The van der Waals surface area contributed by atoms with Gasteiger partial charge in [0.05, 0.1) is 13.2 Å². The van der Waals surface area contributed by atoms with Crippen molar-refractivity contribution < 1.29 is 14.6 Å². The van der Waals surface area contributed by atoms with Gasteiger partial charge in [-0.1, -0.05) is 87.4 Å². The predicted molar refractivity (Wildman–Crippen MR) is 182 cm³/mol. The summed E-state index contributed by atoms with van der Waals surface area (Å²) in [6, 6.07) is 23.4. The Morgan fingerprint density at radius 1 is 0.930 bits per heavy atom. The van der Waals surface area contributed by atoms with Gasteiger partial charge < -0.3 is 9.84 Å². The van der Waals surface area contributed by atoms with E-state index >= 15 is 0 Å². The molecule has 2 heterocycles. The Kier molecular flexibility index (Phi) is 11.0. The van der Waals surface area contributed by atoms with Gasteiger partial charge >= 0.3 is 5.97 Å². The number of benzene rings is 2. The lowest BCUT2D eigenvalue weighted by Gasteiger charge is -2.18. The summed E-state index contributed by atoms with van der Waals surface area (Å²) in [7, 11) is 0. The van der Waals surface area contributed by atoms with Crippen LogP contribution in [-0.2, 0) is 17.9 Å². The van der Waals surface area contributed by atoms with Crippen LogP contribution in [-0.4, -0.2) is 29.1 Å². The van der Waals surface area contributed by atoms with E-state index in [1.165, 1.54) is 51.1 Å². The average molecular weight is 612 g/mol. The minimum Gasteiger partial charge on any atom is -0.493 e. The van der Waals surface area contributed by atoms with Crippen LogP contribution in [0.25, 0.3) is 15.7 Å². The molecule has 0 saturated carbocycles. The van der Waals surface area contributed by atoms with Gasteiger partial charge in [0.2, 0.25) is 0 Å². The minimum absolute atomic E-state index is 0.00921. The topological polar surface area (TPSA) is 49.8 Å². The lowest BCUT2D eigenvalue weighted by molar-refractivity contribution is -0.138. The van der Waals surface area contributed by atoms with Crippen molar-refractivity contribution in [3.05, 3.63) is 117 Å². The first-order chi connectivity index (χ1) is 21.0. The lowest BCUT2D eigenvalue weighted by Crippen LogP contribution is -2.28. The first kappa shape index (κ1) is 31.0. The molecule has 1 atom stereocenters. The van der Waals surface area contributed by atoms with Gasteiger partial charge in [0.15, 0.2) is 0 Å². The van der Waals surface area contributed by atoms with Crippen molar-refractivity contribution in [1.82, 2.24) is 4.90 Å². The Morgan fingerprint density at radius 3 is 2.44 bits per heavy atom. The quantitative estimate of drug-likeness (QED) is 0.145. The Morgan fingerprint density at radius 2 is 1.70 bits per heavy atom. The Labute approximate surface area is 263 Å². The number of rotatable bonds is 15. The van der Waals surface area contributed by atoms with E-state index in [0.717, 1.165) is 16.2 Å². The fourth-order valence-electron chi connectivity index (χ4n) is 5.66. The van der Waals surface area contributed by atoms with Gasteiger partial charge in [0.1, 0.15) is 5.75 Å². The molecule has 5 rings (SSSR count). The van der Waals surface area contributed by atoms with Crippen LogP contribution < -0.4 is 4.74 Å². The number of thiophene rings is 2. The smallest absolute Gasteiger partial charge is 0.317 e. The molecule has 0 radical (unpaired) electrons. The molecule has 0 amide bonds. The van der Waals surface area contributed by atoms with Crippen LogP contribution in [0, 0.1) is 5.92 Å². The summed E-state index contributed by atoms with van der Waals surface area (Å²) in [5, 5.41) is 10.8. The van der Waals surface area contributed by atoms with Crippen LogP contribution in [0.15, 0.2) is 97.1 Å². The van der Waals surface area contributed by atoms with Crippen molar-refractivity contribution in [3.8, 4) is 5.75 Å². The summed E-state index contributed by atoms with van der Waals surface area (Å²) in [5.74, 6) is 0.937. The highest BCUT2D eigenvalue weighted by Crippen LogP contribution is 2.31. The van der Waals surface area contributed by atoms with Crippen LogP contribution in [0.4, 0.5) is 0 Å². The summed E-state index contributed by atoms with van der Waals surface area (Å²) in [6.45, 7) is 6.35. The molecule has 0 aliphatic heterocycles. The van der Waals surface area contributed by atoms with E-state index in [4.69, 9.17) is 4.74 Å². The molecule has 4 aromatic rings. The number of aliphatic carboxylic acids is 1. The third-order valence-electron chi connectivity index (χ3n) is 7.77. The van der Waals surface area contributed by atoms with Crippen molar-refractivity contribution in [1.29, 1.82) is 0 Å². The van der Waals surface area contributed by atoms with E-state index in [1.807, 2.05) is 17.0 Å². The zero-order valence-electron chi connectivity index (χ0n) is 25.1. The zero-order chi connectivity index (χ0) is 30.0. The summed E-state index contributed by atoms with van der Waals surface area (Å²) in [4.78, 5) is 17.2. The molecule has 2 aromatic carbocycles. The molecule has 1 N–H and O–H groups in total. The van der Waals surface area contributed by atoms with Crippen LogP contribution in [0.1, 0.15) is 65.6 Å². The van der Waals surface area contributed by atoms with E-state index in [2.05, 4.69) is 98.8 Å². The number of ether oxygens (including phenoxy) is 1. The van der Waals surface area contributed by atoms with Crippen molar-refractivity contribution in [2.24, 2.45) is 5.92 Å². The number of hydrogen-bond donors (Lipinski definition) is 1. The molecule has 224 valence electrons. The van der Waals surface area contributed by atoms with Gasteiger partial charge in [-0.2, -0.15) is 0 Å². The molecule has 1 unspecified atom stereocenters. The molecule has 4 nitrogen and oxygen atoms in total. The summed E-state index contributed by atoms with van der Waals surface area (Å²) >= 11 is 3.46. The molecule has 43 heavy (non-hydrogen) atoms. The van der Waals surface area contributed by atoms with Crippen molar-refractivity contribution in [3.63, 3.8) is 0 Å². The number of hydrogen-bond acceptors (Lipinski definition) is 5. The summed E-state index contributed by atoms with van der Waals surface area (Å²) in [5.41, 5.74) is 2.58. The number of allylic oxidation sites excluding steroid dienone is 4. The molecule has 1 aliphatic rings. The van der Waals surface area contributed by atoms with Crippen LogP contribution in [0.3, 0.4) is 0 Å². The van der Waals surface area contributed by atoms with Crippen LogP contribution in [0.2, 0.25) is 0 Å². The van der Waals surface area contributed by atoms with Crippen molar-refractivity contribution in [2.75, 3.05) is 13.2 Å². The first-order valence-electron chi connectivity index (χ1n) is 15.3. The highest BCUT2D eigenvalue weighted by molar-refractivity contribution is 7.19. The second-order valence-corrected chi connectivity index (χ2v) is 13.6. The van der Waals surface area contributed by atoms with Gasteiger partial charge in [-0.3, -0.25) is 9.69 Å². The van der Waals surface area contributed by atoms with E-state index in [9.17, 15) is 9.90 Å². The van der Waals surface area contributed by atoms with Crippen LogP contribution >= 0.6 is 22.7 Å². The number of fused-ring (bicyclic) bond motifs is 1. The highest BCUT2D eigenvalue weighted by atomic mass is 32.1. The molecular weight excluding hydrogens is 571 g/mol.